The topological polar surface area (TPSA) is 85.2 Å². The van der Waals surface area contributed by atoms with Crippen LogP contribution in [0, 0.1) is 6.92 Å². The lowest BCUT2D eigenvalue weighted by Gasteiger charge is -2.27. The van der Waals surface area contributed by atoms with E-state index in [0.717, 1.165) is 28.2 Å². The number of hydrogen-bond donors (Lipinski definition) is 0. The average molecular weight is 483 g/mol. The highest BCUT2D eigenvalue weighted by Crippen LogP contribution is 2.38. The second-order valence-electron chi connectivity index (χ2n) is 8.44. The van der Waals surface area contributed by atoms with E-state index in [0.29, 0.717) is 23.8 Å². The van der Waals surface area contributed by atoms with Crippen LogP contribution >= 0.6 is 11.6 Å². The minimum absolute atomic E-state index is 0.110. The quantitative estimate of drug-likeness (QED) is 0.567. The van der Waals surface area contributed by atoms with Crippen LogP contribution in [0.3, 0.4) is 0 Å². The first kappa shape index (κ1) is 21.9. The first-order chi connectivity index (χ1) is 15.8. The van der Waals surface area contributed by atoms with Gasteiger partial charge < -0.3 is 4.90 Å². The zero-order valence-corrected chi connectivity index (χ0v) is 19.7. The Labute approximate surface area is 197 Å². The standard InChI is InChI=1S/C24H23ClN4O3S/c1-16-26-27-24-18(14-23(30)28-11-4-12-33(31,32)15-28)13-21(17-7-9-19(25)10-8-17)20-5-2-3-6-22(20)29(16)24/h2-3,5-10,13,18H,4,11-12,14-15H2,1H3. The van der Waals surface area contributed by atoms with Gasteiger partial charge in [-0.15, -0.1) is 10.2 Å². The van der Waals surface area contributed by atoms with Gasteiger partial charge in [0, 0.05) is 29.5 Å². The Kier molecular flexibility index (Phi) is 5.58. The minimum atomic E-state index is -3.24. The van der Waals surface area contributed by atoms with Crippen molar-refractivity contribution in [1.29, 1.82) is 0 Å². The van der Waals surface area contributed by atoms with Gasteiger partial charge in [0.2, 0.25) is 5.91 Å². The summed E-state index contributed by atoms with van der Waals surface area (Å²) in [6.07, 6.45) is 2.62. The highest BCUT2D eigenvalue weighted by Gasteiger charge is 2.32. The molecule has 0 bridgehead atoms. The molecule has 0 spiro atoms. The number of para-hydroxylation sites is 1. The molecule has 1 unspecified atom stereocenters. The molecule has 1 amide bonds. The van der Waals surface area contributed by atoms with Gasteiger partial charge in [0.1, 0.15) is 17.5 Å². The van der Waals surface area contributed by atoms with Crippen LogP contribution in [0.1, 0.15) is 41.5 Å². The number of sulfone groups is 1. The smallest absolute Gasteiger partial charge is 0.224 e. The van der Waals surface area contributed by atoms with Crippen LogP contribution in [0.15, 0.2) is 54.6 Å². The molecule has 2 aromatic carbocycles. The molecule has 33 heavy (non-hydrogen) atoms. The van der Waals surface area contributed by atoms with E-state index in [9.17, 15) is 13.2 Å². The van der Waals surface area contributed by atoms with Crippen LogP contribution in [-0.2, 0) is 14.6 Å². The molecule has 7 nitrogen and oxygen atoms in total. The van der Waals surface area contributed by atoms with E-state index >= 15 is 0 Å². The van der Waals surface area contributed by atoms with E-state index < -0.39 is 9.84 Å². The Bertz CT molecular complexity index is 1360. The third-order valence-corrected chi connectivity index (χ3v) is 7.99. The lowest BCUT2D eigenvalue weighted by molar-refractivity contribution is -0.130. The van der Waals surface area contributed by atoms with E-state index in [2.05, 4.69) is 10.2 Å². The van der Waals surface area contributed by atoms with Crippen molar-refractivity contribution >= 4 is 32.9 Å². The van der Waals surface area contributed by atoms with Gasteiger partial charge in [-0.1, -0.05) is 48.0 Å². The number of amides is 1. The zero-order valence-electron chi connectivity index (χ0n) is 18.1. The number of hydrogen-bond acceptors (Lipinski definition) is 5. The summed E-state index contributed by atoms with van der Waals surface area (Å²) in [6.45, 7) is 2.33. The van der Waals surface area contributed by atoms with Crippen molar-refractivity contribution in [2.75, 3.05) is 18.2 Å². The Morgan fingerprint density at radius 1 is 1.12 bits per heavy atom. The lowest BCUT2D eigenvalue weighted by Crippen LogP contribution is -2.42. The largest absolute Gasteiger partial charge is 0.328 e. The molecule has 0 saturated carbocycles. The number of carbonyl (C=O) groups excluding carboxylic acids is 1. The highest BCUT2D eigenvalue weighted by atomic mass is 35.5. The molecule has 1 aromatic heterocycles. The third-order valence-electron chi connectivity index (χ3n) is 6.12. The number of aromatic nitrogens is 3. The lowest BCUT2D eigenvalue weighted by atomic mass is 9.92. The fourth-order valence-electron chi connectivity index (χ4n) is 4.57. The molecule has 1 atom stereocenters. The molecule has 3 aromatic rings. The predicted molar refractivity (Wildman–Crippen MR) is 127 cm³/mol. The molecule has 1 fully saturated rings. The minimum Gasteiger partial charge on any atom is -0.328 e. The van der Waals surface area contributed by atoms with Crippen molar-refractivity contribution in [3.8, 4) is 5.69 Å². The Balaban J connectivity index is 1.61. The fourth-order valence-corrected chi connectivity index (χ4v) is 6.14. The van der Waals surface area contributed by atoms with Crippen molar-refractivity contribution in [2.45, 2.75) is 25.7 Å². The number of allylic oxidation sites excluding steroid dienone is 1. The molecule has 0 radical (unpaired) electrons. The second kappa shape index (κ2) is 8.43. The molecule has 1 saturated heterocycles. The number of fused-ring (bicyclic) bond motifs is 3. The average Bonchev–Trinajstić information content (AvgIpc) is 3.11. The van der Waals surface area contributed by atoms with E-state index in [4.69, 9.17) is 11.6 Å². The number of nitrogens with zero attached hydrogens (tertiary/aromatic N) is 4. The van der Waals surface area contributed by atoms with Gasteiger partial charge in [-0.3, -0.25) is 9.36 Å². The SMILES string of the molecule is Cc1nnc2n1-c1ccccc1C(c1ccc(Cl)cc1)=CC2CC(=O)N1CCCS(=O)(=O)C1. The molecular formula is C24H23ClN4O3S. The van der Waals surface area contributed by atoms with Crippen LogP contribution in [0.25, 0.3) is 11.3 Å². The van der Waals surface area contributed by atoms with Crippen LogP contribution in [0.4, 0.5) is 0 Å². The van der Waals surface area contributed by atoms with Gasteiger partial charge in [0.15, 0.2) is 9.84 Å². The van der Waals surface area contributed by atoms with Gasteiger partial charge in [-0.05, 0) is 42.7 Å². The van der Waals surface area contributed by atoms with Crippen molar-refractivity contribution in [2.24, 2.45) is 0 Å². The third kappa shape index (κ3) is 4.20. The fraction of sp³-hybridized carbons (Fsp3) is 0.292. The molecular weight excluding hydrogens is 460 g/mol. The summed E-state index contributed by atoms with van der Waals surface area (Å²) in [6, 6.07) is 15.6. The number of benzene rings is 2. The van der Waals surface area contributed by atoms with E-state index in [-0.39, 0.29) is 29.9 Å². The highest BCUT2D eigenvalue weighted by molar-refractivity contribution is 7.91. The Morgan fingerprint density at radius 2 is 1.88 bits per heavy atom. The van der Waals surface area contributed by atoms with Gasteiger partial charge in [0.05, 0.1) is 11.4 Å². The van der Waals surface area contributed by atoms with Crippen LogP contribution in [0.2, 0.25) is 5.02 Å². The van der Waals surface area contributed by atoms with E-state index in [1.54, 1.807) is 0 Å². The summed E-state index contributed by atoms with van der Waals surface area (Å²) in [5, 5.41) is 9.36. The number of carbonyl (C=O) groups is 1. The first-order valence-corrected chi connectivity index (χ1v) is 13.0. The monoisotopic (exact) mass is 482 g/mol. The van der Waals surface area contributed by atoms with Crippen molar-refractivity contribution in [3.05, 3.63) is 82.4 Å². The summed E-state index contributed by atoms with van der Waals surface area (Å²) in [7, 11) is -3.24. The van der Waals surface area contributed by atoms with Gasteiger partial charge in [-0.25, -0.2) is 8.42 Å². The van der Waals surface area contributed by atoms with Gasteiger partial charge >= 0.3 is 0 Å². The van der Waals surface area contributed by atoms with Crippen molar-refractivity contribution < 1.29 is 13.2 Å². The van der Waals surface area contributed by atoms with Crippen LogP contribution in [-0.4, -0.2) is 52.2 Å². The van der Waals surface area contributed by atoms with Crippen LogP contribution < -0.4 is 0 Å². The van der Waals surface area contributed by atoms with Crippen molar-refractivity contribution in [3.63, 3.8) is 0 Å². The number of aryl methyl sites for hydroxylation is 1. The second-order valence-corrected chi connectivity index (χ2v) is 11.0. The van der Waals surface area contributed by atoms with Gasteiger partial charge in [0.25, 0.3) is 0 Å². The van der Waals surface area contributed by atoms with Gasteiger partial charge in [-0.2, -0.15) is 0 Å². The summed E-state index contributed by atoms with van der Waals surface area (Å²) in [4.78, 5) is 14.6. The number of rotatable bonds is 3. The molecule has 170 valence electrons. The summed E-state index contributed by atoms with van der Waals surface area (Å²) in [5.74, 6) is 0.718. The van der Waals surface area contributed by atoms with E-state index in [1.807, 2.05) is 66.1 Å². The maximum Gasteiger partial charge on any atom is 0.224 e. The molecule has 2 aliphatic rings. The molecule has 2 aliphatic heterocycles. The molecule has 0 N–H and O–H groups in total. The summed E-state index contributed by atoms with van der Waals surface area (Å²) >= 11 is 6.12. The zero-order chi connectivity index (χ0) is 23.2. The van der Waals surface area contributed by atoms with E-state index in [1.165, 1.54) is 4.90 Å². The molecule has 9 heteroatoms. The normalized spacial score (nSPS) is 19.3. The van der Waals surface area contributed by atoms with Crippen LogP contribution in [0.5, 0.6) is 0 Å². The molecule has 3 heterocycles. The maximum atomic E-state index is 13.2. The number of halogens is 1. The summed E-state index contributed by atoms with van der Waals surface area (Å²) in [5.41, 5.74) is 3.88. The predicted octanol–water partition coefficient (Wildman–Crippen LogP) is 3.75. The van der Waals surface area contributed by atoms with Crippen molar-refractivity contribution in [1.82, 2.24) is 19.7 Å². The maximum absolute atomic E-state index is 13.2. The Hall–Kier alpha value is -2.97. The Morgan fingerprint density at radius 3 is 2.64 bits per heavy atom. The first-order valence-electron chi connectivity index (χ1n) is 10.8. The molecule has 5 rings (SSSR count). The summed E-state index contributed by atoms with van der Waals surface area (Å²) < 4.78 is 26.2. The molecule has 0 aliphatic carbocycles.